The van der Waals surface area contributed by atoms with Crippen LogP contribution in [0.2, 0.25) is 0 Å². The van der Waals surface area contributed by atoms with Crippen molar-refractivity contribution >= 4 is 75.8 Å². The van der Waals surface area contributed by atoms with Gasteiger partial charge < -0.3 is 4.42 Å². The number of furan rings is 1. The van der Waals surface area contributed by atoms with Crippen LogP contribution in [0.3, 0.4) is 0 Å². The Hall–Kier alpha value is -6.70. The molecule has 11 rings (SSSR count). The molecular weight excluding hydrogens is 617 g/mol. The summed E-state index contributed by atoms with van der Waals surface area (Å²) in [5, 5.41) is 14.8. The maximum absolute atomic E-state index is 6.40. The Kier molecular flexibility index (Phi) is 6.02. The highest BCUT2D eigenvalue weighted by molar-refractivity contribution is 6.24. The van der Waals surface area contributed by atoms with E-state index in [1.54, 1.807) is 0 Å². The van der Waals surface area contributed by atoms with Crippen molar-refractivity contribution in [2.45, 2.75) is 0 Å². The van der Waals surface area contributed by atoms with Crippen LogP contribution in [-0.4, -0.2) is 0 Å². The SMILES string of the molecule is c1ccc2c(-c3c4ccccc4c(-c4ccc5cc(-c6cc7oc8ccccc8c7c7ccccc67)ccc5c4)c4ccccc34)cccc2c1. The fourth-order valence-electron chi connectivity index (χ4n) is 8.57. The predicted molar refractivity (Wildman–Crippen MR) is 218 cm³/mol. The summed E-state index contributed by atoms with van der Waals surface area (Å²) in [6.07, 6.45) is 0. The molecule has 51 heavy (non-hydrogen) atoms. The Morgan fingerprint density at radius 3 is 1.53 bits per heavy atom. The van der Waals surface area contributed by atoms with E-state index in [0.29, 0.717) is 0 Å². The first kappa shape index (κ1) is 28.2. The van der Waals surface area contributed by atoms with Crippen LogP contribution in [0.4, 0.5) is 0 Å². The Morgan fingerprint density at radius 2 is 0.804 bits per heavy atom. The minimum Gasteiger partial charge on any atom is -0.456 e. The summed E-state index contributed by atoms with van der Waals surface area (Å²) < 4.78 is 6.40. The third kappa shape index (κ3) is 4.22. The number of hydrogen-bond acceptors (Lipinski definition) is 1. The van der Waals surface area contributed by atoms with Gasteiger partial charge in [-0.25, -0.2) is 0 Å². The molecule has 0 fully saturated rings. The molecule has 1 heteroatoms. The van der Waals surface area contributed by atoms with E-state index in [2.05, 4.69) is 176 Å². The van der Waals surface area contributed by atoms with Gasteiger partial charge in [-0.15, -0.1) is 0 Å². The molecule has 0 unspecified atom stereocenters. The number of para-hydroxylation sites is 1. The lowest BCUT2D eigenvalue weighted by Crippen LogP contribution is -1.91. The lowest BCUT2D eigenvalue weighted by molar-refractivity contribution is 0.669. The zero-order valence-corrected chi connectivity index (χ0v) is 27.7. The van der Waals surface area contributed by atoms with Gasteiger partial charge in [-0.1, -0.05) is 158 Å². The molecule has 0 aliphatic rings. The Balaban J connectivity index is 1.11. The molecule has 1 aromatic heterocycles. The largest absolute Gasteiger partial charge is 0.456 e. The molecule has 0 N–H and O–H groups in total. The van der Waals surface area contributed by atoms with Gasteiger partial charge in [0.2, 0.25) is 0 Å². The second-order valence-electron chi connectivity index (χ2n) is 13.6. The van der Waals surface area contributed by atoms with Gasteiger partial charge >= 0.3 is 0 Å². The second-order valence-corrected chi connectivity index (χ2v) is 13.6. The fourth-order valence-corrected chi connectivity index (χ4v) is 8.57. The Bertz CT molecular complexity index is 3130. The normalized spacial score (nSPS) is 11.9. The summed E-state index contributed by atoms with van der Waals surface area (Å²) in [6, 6.07) is 66.3. The van der Waals surface area contributed by atoms with E-state index < -0.39 is 0 Å². The van der Waals surface area contributed by atoms with E-state index in [4.69, 9.17) is 4.42 Å². The molecule has 0 atom stereocenters. The Labute approximate surface area is 294 Å². The summed E-state index contributed by atoms with van der Waals surface area (Å²) in [5.74, 6) is 0. The fraction of sp³-hybridized carbons (Fsp3) is 0. The highest BCUT2D eigenvalue weighted by Crippen LogP contribution is 2.46. The molecule has 0 saturated heterocycles. The van der Waals surface area contributed by atoms with Crippen LogP contribution in [0.1, 0.15) is 0 Å². The number of benzene rings is 10. The highest BCUT2D eigenvalue weighted by atomic mass is 16.3. The smallest absolute Gasteiger partial charge is 0.136 e. The molecule has 10 aromatic carbocycles. The van der Waals surface area contributed by atoms with Gasteiger partial charge in [0.25, 0.3) is 0 Å². The summed E-state index contributed by atoms with van der Waals surface area (Å²) in [6.45, 7) is 0. The maximum Gasteiger partial charge on any atom is 0.136 e. The minimum atomic E-state index is 0.922. The van der Waals surface area contributed by atoms with E-state index in [0.717, 1.165) is 16.6 Å². The number of rotatable bonds is 3. The minimum absolute atomic E-state index is 0.922. The van der Waals surface area contributed by atoms with Crippen molar-refractivity contribution in [1.29, 1.82) is 0 Å². The molecule has 236 valence electrons. The van der Waals surface area contributed by atoms with Gasteiger partial charge in [0.15, 0.2) is 0 Å². The van der Waals surface area contributed by atoms with Crippen molar-refractivity contribution in [1.82, 2.24) is 0 Å². The van der Waals surface area contributed by atoms with Gasteiger partial charge in [-0.3, -0.25) is 0 Å². The van der Waals surface area contributed by atoms with E-state index in [1.807, 2.05) is 6.07 Å². The summed E-state index contributed by atoms with van der Waals surface area (Å²) >= 11 is 0. The topological polar surface area (TPSA) is 13.1 Å². The molecule has 0 bridgehead atoms. The quantitative estimate of drug-likeness (QED) is 0.174. The van der Waals surface area contributed by atoms with Gasteiger partial charge in [0.05, 0.1) is 0 Å². The first-order chi connectivity index (χ1) is 25.3. The average Bonchev–Trinajstić information content (AvgIpc) is 3.58. The van der Waals surface area contributed by atoms with Crippen LogP contribution in [0.25, 0.3) is 109 Å². The summed E-state index contributed by atoms with van der Waals surface area (Å²) in [5.41, 5.74) is 9.27. The average molecular weight is 647 g/mol. The standard InChI is InChI=1S/C50H30O/c1-2-14-36-31(12-1)13-11-22-38(36)49-42-19-7-5-17-40(42)48(41-18-6-8-20-43(41)49)35-27-25-32-28-34(26-24-33(32)29-35)45-30-47-50(39-16-4-3-15-37(39)45)44-21-9-10-23-46(44)51-47/h1-30H. The molecule has 1 nitrogen and oxygen atoms in total. The molecule has 0 spiro atoms. The third-order valence-electron chi connectivity index (χ3n) is 10.8. The lowest BCUT2D eigenvalue weighted by Gasteiger charge is -2.19. The van der Waals surface area contributed by atoms with Crippen LogP contribution < -0.4 is 0 Å². The van der Waals surface area contributed by atoms with Crippen molar-refractivity contribution in [2.75, 3.05) is 0 Å². The van der Waals surface area contributed by atoms with Crippen LogP contribution in [0.15, 0.2) is 186 Å². The molecule has 0 saturated carbocycles. The van der Waals surface area contributed by atoms with Gasteiger partial charge in [0.1, 0.15) is 11.2 Å². The van der Waals surface area contributed by atoms with Crippen LogP contribution in [0, 0.1) is 0 Å². The number of fused-ring (bicyclic) bond motifs is 9. The van der Waals surface area contributed by atoms with Crippen molar-refractivity contribution in [3.05, 3.63) is 182 Å². The van der Waals surface area contributed by atoms with E-state index in [1.165, 1.54) is 92.6 Å². The van der Waals surface area contributed by atoms with Crippen LogP contribution in [-0.2, 0) is 0 Å². The summed E-state index contributed by atoms with van der Waals surface area (Å²) in [7, 11) is 0. The van der Waals surface area contributed by atoms with Crippen LogP contribution >= 0.6 is 0 Å². The predicted octanol–water partition coefficient (Wildman–Crippen LogP) is 14.4. The van der Waals surface area contributed by atoms with E-state index in [9.17, 15) is 0 Å². The van der Waals surface area contributed by atoms with Crippen molar-refractivity contribution in [2.24, 2.45) is 0 Å². The molecule has 0 radical (unpaired) electrons. The highest BCUT2D eigenvalue weighted by Gasteiger charge is 2.19. The zero-order valence-electron chi connectivity index (χ0n) is 27.7. The monoisotopic (exact) mass is 646 g/mol. The van der Waals surface area contributed by atoms with Gasteiger partial charge in [-0.2, -0.15) is 0 Å². The maximum atomic E-state index is 6.40. The van der Waals surface area contributed by atoms with Gasteiger partial charge in [-0.05, 0) is 112 Å². The molecule has 1 heterocycles. The van der Waals surface area contributed by atoms with Crippen molar-refractivity contribution in [3.63, 3.8) is 0 Å². The Morgan fingerprint density at radius 1 is 0.275 bits per heavy atom. The number of hydrogen-bond donors (Lipinski definition) is 0. The zero-order chi connectivity index (χ0) is 33.5. The molecule has 11 aromatic rings. The molecule has 0 amide bonds. The van der Waals surface area contributed by atoms with Gasteiger partial charge in [0, 0.05) is 10.8 Å². The molecule has 0 aliphatic heterocycles. The van der Waals surface area contributed by atoms with Crippen molar-refractivity contribution < 1.29 is 4.42 Å². The summed E-state index contributed by atoms with van der Waals surface area (Å²) in [4.78, 5) is 0. The van der Waals surface area contributed by atoms with Crippen molar-refractivity contribution in [3.8, 4) is 33.4 Å². The van der Waals surface area contributed by atoms with E-state index in [-0.39, 0.29) is 0 Å². The third-order valence-corrected chi connectivity index (χ3v) is 10.8. The van der Waals surface area contributed by atoms with E-state index >= 15 is 0 Å². The second kappa shape index (κ2) is 10.9. The lowest BCUT2D eigenvalue weighted by atomic mass is 9.84. The first-order valence-electron chi connectivity index (χ1n) is 17.6. The molecular formula is C50H30O. The van der Waals surface area contributed by atoms with Crippen LogP contribution in [0.5, 0.6) is 0 Å². The first-order valence-corrected chi connectivity index (χ1v) is 17.6. The molecule has 0 aliphatic carbocycles.